The Balaban J connectivity index is 1.28. The number of hydrogen-bond donors (Lipinski definition) is 0. The van der Waals surface area contributed by atoms with Gasteiger partial charge in [-0.05, 0) is 125 Å². The molecule has 2 atom stereocenters. The molecule has 2 saturated heterocycles. The first kappa shape index (κ1) is 30.7. The first-order chi connectivity index (χ1) is 19.6. The monoisotopic (exact) mass is 546 g/mol. The molecule has 0 saturated carbocycles. The summed E-state index contributed by atoms with van der Waals surface area (Å²) in [4.78, 5) is 5.24. The van der Waals surface area contributed by atoms with Crippen LogP contribution < -0.4 is 9.47 Å². The SMILES string of the molecule is CC/C(=C(/CC)c1ccc(OCCCN2CCCCC2C)cc1)c1ccc(OCCCN2CCCCC2C)cc1. The van der Waals surface area contributed by atoms with E-state index in [1.165, 1.54) is 73.9 Å². The minimum atomic E-state index is 0.724. The minimum Gasteiger partial charge on any atom is -0.494 e. The molecule has 0 radical (unpaired) electrons. The summed E-state index contributed by atoms with van der Waals surface area (Å²) in [5.74, 6) is 1.94. The quantitative estimate of drug-likeness (QED) is 0.175. The fraction of sp³-hybridized carbons (Fsp3) is 0.611. The van der Waals surface area contributed by atoms with Gasteiger partial charge in [0.25, 0.3) is 0 Å². The van der Waals surface area contributed by atoms with Gasteiger partial charge < -0.3 is 19.3 Å². The molecule has 40 heavy (non-hydrogen) atoms. The molecule has 220 valence electrons. The molecule has 0 spiro atoms. The van der Waals surface area contributed by atoms with Crippen molar-refractivity contribution in [2.45, 2.75) is 104 Å². The number of allylic oxidation sites excluding steroid dienone is 2. The first-order valence-electron chi connectivity index (χ1n) is 16.3. The summed E-state index contributed by atoms with van der Waals surface area (Å²) in [5.41, 5.74) is 5.41. The molecular weight excluding hydrogens is 492 g/mol. The maximum atomic E-state index is 6.11. The Hall–Kier alpha value is -2.30. The van der Waals surface area contributed by atoms with Gasteiger partial charge >= 0.3 is 0 Å². The summed E-state index contributed by atoms with van der Waals surface area (Å²) < 4.78 is 12.2. The minimum absolute atomic E-state index is 0.724. The largest absolute Gasteiger partial charge is 0.494 e. The van der Waals surface area contributed by atoms with Gasteiger partial charge in [0.15, 0.2) is 0 Å². The number of benzene rings is 2. The van der Waals surface area contributed by atoms with Crippen LogP contribution in [0.3, 0.4) is 0 Å². The third-order valence-corrected chi connectivity index (χ3v) is 9.07. The highest BCUT2D eigenvalue weighted by molar-refractivity contribution is 5.90. The van der Waals surface area contributed by atoms with Crippen molar-refractivity contribution < 1.29 is 9.47 Å². The number of hydrogen-bond acceptors (Lipinski definition) is 4. The van der Waals surface area contributed by atoms with Crippen molar-refractivity contribution in [1.29, 1.82) is 0 Å². The Bertz CT molecular complexity index is 946. The summed E-state index contributed by atoms with van der Waals surface area (Å²) >= 11 is 0. The Labute approximate surface area is 244 Å². The van der Waals surface area contributed by atoms with E-state index >= 15 is 0 Å². The zero-order valence-electron chi connectivity index (χ0n) is 25.8. The molecule has 2 heterocycles. The van der Waals surface area contributed by atoms with Crippen molar-refractivity contribution in [3.05, 3.63) is 59.7 Å². The van der Waals surface area contributed by atoms with E-state index in [4.69, 9.17) is 9.47 Å². The van der Waals surface area contributed by atoms with Crippen LogP contribution in [-0.4, -0.2) is 61.3 Å². The lowest BCUT2D eigenvalue weighted by atomic mass is 9.91. The van der Waals surface area contributed by atoms with Crippen LogP contribution in [0.15, 0.2) is 48.5 Å². The van der Waals surface area contributed by atoms with Gasteiger partial charge in [-0.25, -0.2) is 0 Å². The average Bonchev–Trinajstić information content (AvgIpc) is 2.99. The van der Waals surface area contributed by atoms with E-state index in [9.17, 15) is 0 Å². The predicted molar refractivity (Wildman–Crippen MR) is 170 cm³/mol. The second-order valence-corrected chi connectivity index (χ2v) is 11.9. The Morgan fingerprint density at radius 2 is 1.02 bits per heavy atom. The van der Waals surface area contributed by atoms with Gasteiger partial charge in [0.2, 0.25) is 0 Å². The standard InChI is InChI=1S/C36H54N2O2/c1-5-35(31-15-19-33(20-16-31)39-27-11-25-37-23-9-7-13-29(37)3)36(6-2)32-17-21-34(22-18-32)40-28-12-26-38-24-10-8-14-30(38)4/h15-22,29-30H,5-14,23-28H2,1-4H3/b36-35+. The predicted octanol–water partition coefficient (Wildman–Crippen LogP) is 8.70. The van der Waals surface area contributed by atoms with Crippen LogP contribution in [0.1, 0.15) is 103 Å². The molecule has 0 amide bonds. The fourth-order valence-corrected chi connectivity index (χ4v) is 6.58. The molecule has 2 aliphatic heterocycles. The summed E-state index contributed by atoms with van der Waals surface area (Å²) in [5, 5.41) is 0. The molecule has 4 nitrogen and oxygen atoms in total. The van der Waals surface area contributed by atoms with E-state index in [1.807, 2.05) is 0 Å². The first-order valence-corrected chi connectivity index (χ1v) is 16.3. The number of piperidine rings is 2. The maximum absolute atomic E-state index is 6.11. The zero-order chi connectivity index (χ0) is 28.2. The van der Waals surface area contributed by atoms with E-state index in [1.54, 1.807) is 0 Å². The Morgan fingerprint density at radius 3 is 1.38 bits per heavy atom. The van der Waals surface area contributed by atoms with Crippen LogP contribution in [0.2, 0.25) is 0 Å². The maximum Gasteiger partial charge on any atom is 0.119 e. The molecule has 0 aromatic heterocycles. The summed E-state index contributed by atoms with van der Waals surface area (Å²) in [6, 6.07) is 19.0. The molecular formula is C36H54N2O2. The van der Waals surface area contributed by atoms with Crippen LogP contribution in [0.5, 0.6) is 11.5 Å². The second-order valence-electron chi connectivity index (χ2n) is 11.9. The smallest absolute Gasteiger partial charge is 0.119 e. The lowest BCUT2D eigenvalue weighted by molar-refractivity contribution is 0.148. The van der Waals surface area contributed by atoms with Crippen LogP contribution >= 0.6 is 0 Å². The molecule has 4 heteroatoms. The van der Waals surface area contributed by atoms with E-state index in [2.05, 4.69) is 86.0 Å². The number of nitrogens with zero attached hydrogens (tertiary/aromatic N) is 2. The van der Waals surface area contributed by atoms with Gasteiger partial charge in [0, 0.05) is 25.2 Å². The highest BCUT2D eigenvalue weighted by Gasteiger charge is 2.18. The van der Waals surface area contributed by atoms with Gasteiger partial charge in [-0.1, -0.05) is 51.0 Å². The van der Waals surface area contributed by atoms with Crippen molar-refractivity contribution in [3.8, 4) is 11.5 Å². The van der Waals surface area contributed by atoms with Gasteiger partial charge in [-0.2, -0.15) is 0 Å². The van der Waals surface area contributed by atoms with Crippen molar-refractivity contribution in [1.82, 2.24) is 9.80 Å². The molecule has 2 fully saturated rings. The van der Waals surface area contributed by atoms with Gasteiger partial charge in [-0.15, -0.1) is 0 Å². The topological polar surface area (TPSA) is 24.9 Å². The van der Waals surface area contributed by atoms with Crippen molar-refractivity contribution in [2.75, 3.05) is 39.4 Å². The molecule has 2 aromatic carbocycles. The number of rotatable bonds is 14. The molecule has 0 bridgehead atoms. The number of ether oxygens (including phenoxy) is 2. The lowest BCUT2D eigenvalue weighted by Crippen LogP contribution is -2.38. The molecule has 0 aliphatic carbocycles. The molecule has 2 aromatic rings. The zero-order valence-corrected chi connectivity index (χ0v) is 25.8. The highest BCUT2D eigenvalue weighted by Crippen LogP contribution is 2.33. The highest BCUT2D eigenvalue weighted by atomic mass is 16.5. The van der Waals surface area contributed by atoms with Crippen LogP contribution in [-0.2, 0) is 0 Å². The molecule has 2 unspecified atom stereocenters. The van der Waals surface area contributed by atoms with Gasteiger partial charge in [-0.3, -0.25) is 0 Å². The van der Waals surface area contributed by atoms with E-state index in [-0.39, 0.29) is 0 Å². The van der Waals surface area contributed by atoms with E-state index < -0.39 is 0 Å². The number of likely N-dealkylation sites (tertiary alicyclic amines) is 2. The van der Waals surface area contributed by atoms with Crippen LogP contribution in [0.4, 0.5) is 0 Å². The van der Waals surface area contributed by atoms with E-state index in [0.29, 0.717) is 0 Å². The molecule has 2 aliphatic rings. The Kier molecular flexibility index (Phi) is 12.4. The third kappa shape index (κ3) is 8.85. The summed E-state index contributed by atoms with van der Waals surface area (Å²) in [6.07, 6.45) is 12.3. The molecule has 0 N–H and O–H groups in total. The lowest BCUT2D eigenvalue weighted by Gasteiger charge is -2.33. The third-order valence-electron chi connectivity index (χ3n) is 9.07. The van der Waals surface area contributed by atoms with Crippen LogP contribution in [0, 0.1) is 0 Å². The van der Waals surface area contributed by atoms with Gasteiger partial charge in [0.05, 0.1) is 13.2 Å². The van der Waals surface area contributed by atoms with Crippen LogP contribution in [0.25, 0.3) is 11.1 Å². The van der Waals surface area contributed by atoms with Crippen molar-refractivity contribution >= 4 is 11.1 Å². The average molecular weight is 547 g/mol. The fourth-order valence-electron chi connectivity index (χ4n) is 6.58. The summed E-state index contributed by atoms with van der Waals surface area (Å²) in [7, 11) is 0. The van der Waals surface area contributed by atoms with Crippen molar-refractivity contribution in [3.63, 3.8) is 0 Å². The Morgan fingerprint density at radius 1 is 0.625 bits per heavy atom. The van der Waals surface area contributed by atoms with Crippen molar-refractivity contribution in [2.24, 2.45) is 0 Å². The normalized spacial score (nSPS) is 21.2. The summed E-state index contributed by atoms with van der Waals surface area (Å²) in [6.45, 7) is 15.6. The molecule has 4 rings (SSSR count). The van der Waals surface area contributed by atoms with Gasteiger partial charge in [0.1, 0.15) is 11.5 Å². The van der Waals surface area contributed by atoms with E-state index in [0.717, 1.165) is 75.6 Å². The second kappa shape index (κ2) is 16.2.